The maximum atomic E-state index is 11.8. The average molecular weight is 256 g/mol. The molecule has 1 saturated carbocycles. The molecular weight excluding hydrogens is 228 g/mol. The highest BCUT2D eigenvalue weighted by Gasteiger charge is 2.20. The lowest BCUT2D eigenvalue weighted by molar-refractivity contribution is -0.130. The molecule has 0 aromatic heterocycles. The molecule has 0 heterocycles. The standard InChI is InChI=1S/C14H28N2O2/c1-4-16(5-2)14(17)10-11-15-12-6-8-13(18-3)9-7-12/h12-13,15H,4-11H2,1-3H3. The highest BCUT2D eigenvalue weighted by molar-refractivity contribution is 5.76. The van der Waals surface area contributed by atoms with Crippen molar-refractivity contribution >= 4 is 5.91 Å². The summed E-state index contributed by atoms with van der Waals surface area (Å²) in [6, 6.07) is 0.570. The zero-order chi connectivity index (χ0) is 13.4. The smallest absolute Gasteiger partial charge is 0.223 e. The van der Waals surface area contributed by atoms with E-state index in [1.165, 1.54) is 0 Å². The second-order valence-electron chi connectivity index (χ2n) is 4.98. The molecule has 1 amide bonds. The molecule has 4 nitrogen and oxygen atoms in total. The summed E-state index contributed by atoms with van der Waals surface area (Å²) in [5.74, 6) is 0.262. The van der Waals surface area contributed by atoms with E-state index in [9.17, 15) is 4.79 Å². The molecule has 0 aromatic carbocycles. The van der Waals surface area contributed by atoms with E-state index in [2.05, 4.69) is 5.32 Å². The van der Waals surface area contributed by atoms with Crippen LogP contribution in [-0.4, -0.2) is 49.7 Å². The lowest BCUT2D eigenvalue weighted by Gasteiger charge is -2.28. The number of carbonyl (C=O) groups is 1. The Labute approximate surface area is 111 Å². The van der Waals surface area contributed by atoms with E-state index >= 15 is 0 Å². The maximum Gasteiger partial charge on any atom is 0.223 e. The van der Waals surface area contributed by atoms with Gasteiger partial charge in [-0.3, -0.25) is 4.79 Å². The quantitative estimate of drug-likeness (QED) is 0.755. The normalized spacial score (nSPS) is 23.9. The largest absolute Gasteiger partial charge is 0.381 e. The van der Waals surface area contributed by atoms with Gasteiger partial charge in [-0.25, -0.2) is 0 Å². The molecule has 1 aliphatic carbocycles. The first kappa shape index (κ1) is 15.4. The number of rotatable bonds is 7. The fourth-order valence-corrected chi connectivity index (χ4v) is 2.62. The Bertz CT molecular complexity index is 234. The number of carbonyl (C=O) groups excluding carboxylic acids is 1. The van der Waals surface area contributed by atoms with Gasteiger partial charge in [-0.05, 0) is 39.5 Å². The molecule has 0 aliphatic heterocycles. The van der Waals surface area contributed by atoms with Crippen LogP contribution in [0.3, 0.4) is 0 Å². The van der Waals surface area contributed by atoms with Crippen LogP contribution in [0.5, 0.6) is 0 Å². The molecule has 0 atom stereocenters. The molecule has 106 valence electrons. The summed E-state index contributed by atoms with van der Waals surface area (Å²) in [5, 5.41) is 3.50. The second kappa shape index (κ2) is 8.48. The van der Waals surface area contributed by atoms with Crippen LogP contribution < -0.4 is 5.32 Å². The van der Waals surface area contributed by atoms with Crippen molar-refractivity contribution in [2.75, 3.05) is 26.7 Å². The molecule has 0 bridgehead atoms. The van der Waals surface area contributed by atoms with Gasteiger partial charge in [-0.15, -0.1) is 0 Å². The van der Waals surface area contributed by atoms with Crippen LogP contribution in [0.2, 0.25) is 0 Å². The van der Waals surface area contributed by atoms with Crippen LogP contribution in [-0.2, 0) is 9.53 Å². The van der Waals surface area contributed by atoms with Gasteiger partial charge < -0.3 is 15.0 Å². The molecular formula is C14H28N2O2. The summed E-state index contributed by atoms with van der Waals surface area (Å²) >= 11 is 0. The molecule has 1 rings (SSSR count). The van der Waals surface area contributed by atoms with Gasteiger partial charge in [-0.1, -0.05) is 0 Å². The summed E-state index contributed by atoms with van der Waals surface area (Å²) < 4.78 is 5.35. The second-order valence-corrected chi connectivity index (χ2v) is 4.98. The third-order valence-corrected chi connectivity index (χ3v) is 3.90. The SMILES string of the molecule is CCN(CC)C(=O)CCNC1CCC(OC)CC1. The highest BCUT2D eigenvalue weighted by atomic mass is 16.5. The van der Waals surface area contributed by atoms with Gasteiger partial charge in [-0.2, -0.15) is 0 Å². The van der Waals surface area contributed by atoms with Crippen LogP contribution in [0.25, 0.3) is 0 Å². The van der Waals surface area contributed by atoms with Crippen molar-refractivity contribution in [1.29, 1.82) is 0 Å². The van der Waals surface area contributed by atoms with E-state index in [1.54, 1.807) is 7.11 Å². The van der Waals surface area contributed by atoms with Crippen LogP contribution in [0.1, 0.15) is 46.0 Å². The molecule has 1 aliphatic rings. The number of ether oxygens (including phenoxy) is 1. The highest BCUT2D eigenvalue weighted by Crippen LogP contribution is 2.20. The Kier molecular flexibility index (Phi) is 7.28. The summed E-state index contributed by atoms with van der Waals surface area (Å²) in [6.45, 7) is 6.49. The van der Waals surface area contributed by atoms with Crippen molar-refractivity contribution in [2.45, 2.75) is 58.1 Å². The van der Waals surface area contributed by atoms with E-state index in [1.807, 2.05) is 18.7 Å². The van der Waals surface area contributed by atoms with E-state index in [4.69, 9.17) is 4.74 Å². The van der Waals surface area contributed by atoms with Gasteiger partial charge in [0.15, 0.2) is 0 Å². The Morgan fingerprint density at radius 1 is 1.22 bits per heavy atom. The molecule has 1 N–H and O–H groups in total. The van der Waals surface area contributed by atoms with Crippen molar-refractivity contribution in [3.05, 3.63) is 0 Å². The number of hydrogen-bond acceptors (Lipinski definition) is 3. The van der Waals surface area contributed by atoms with Gasteiger partial charge in [0, 0.05) is 39.2 Å². The zero-order valence-electron chi connectivity index (χ0n) is 12.1. The molecule has 1 fully saturated rings. The predicted octanol–water partition coefficient (Wildman–Crippen LogP) is 1.79. The first-order valence-corrected chi connectivity index (χ1v) is 7.25. The Morgan fingerprint density at radius 2 is 1.83 bits per heavy atom. The Hall–Kier alpha value is -0.610. The van der Waals surface area contributed by atoms with Crippen molar-refractivity contribution in [3.63, 3.8) is 0 Å². The monoisotopic (exact) mass is 256 g/mol. The predicted molar refractivity (Wildman–Crippen MR) is 73.6 cm³/mol. The molecule has 0 unspecified atom stereocenters. The summed E-state index contributed by atoms with van der Waals surface area (Å²) in [7, 11) is 1.79. The number of methoxy groups -OCH3 is 1. The van der Waals surface area contributed by atoms with Crippen molar-refractivity contribution < 1.29 is 9.53 Å². The third-order valence-electron chi connectivity index (χ3n) is 3.90. The number of nitrogens with one attached hydrogen (secondary N) is 1. The summed E-state index contributed by atoms with van der Waals surface area (Å²) in [4.78, 5) is 13.7. The topological polar surface area (TPSA) is 41.6 Å². The fourth-order valence-electron chi connectivity index (χ4n) is 2.62. The zero-order valence-corrected chi connectivity index (χ0v) is 12.1. The minimum atomic E-state index is 0.262. The lowest BCUT2D eigenvalue weighted by atomic mass is 9.93. The van der Waals surface area contributed by atoms with E-state index in [0.717, 1.165) is 45.3 Å². The summed E-state index contributed by atoms with van der Waals surface area (Å²) in [6.07, 6.45) is 5.67. The van der Waals surface area contributed by atoms with Gasteiger partial charge in [0.2, 0.25) is 5.91 Å². The minimum Gasteiger partial charge on any atom is -0.381 e. The molecule has 0 radical (unpaired) electrons. The van der Waals surface area contributed by atoms with Gasteiger partial charge in [0.1, 0.15) is 0 Å². The first-order valence-electron chi connectivity index (χ1n) is 7.25. The van der Waals surface area contributed by atoms with E-state index in [0.29, 0.717) is 18.6 Å². The van der Waals surface area contributed by atoms with Gasteiger partial charge in [0.25, 0.3) is 0 Å². The number of hydrogen-bond donors (Lipinski definition) is 1. The van der Waals surface area contributed by atoms with Crippen LogP contribution >= 0.6 is 0 Å². The van der Waals surface area contributed by atoms with Crippen molar-refractivity contribution in [2.24, 2.45) is 0 Å². The molecule has 0 saturated heterocycles. The molecule has 0 aromatic rings. The van der Waals surface area contributed by atoms with Crippen LogP contribution in [0.4, 0.5) is 0 Å². The van der Waals surface area contributed by atoms with Gasteiger partial charge in [0.05, 0.1) is 6.10 Å². The minimum absolute atomic E-state index is 0.262. The van der Waals surface area contributed by atoms with Gasteiger partial charge >= 0.3 is 0 Å². The number of amides is 1. The lowest BCUT2D eigenvalue weighted by Crippen LogP contribution is -2.38. The molecule has 18 heavy (non-hydrogen) atoms. The average Bonchev–Trinajstić information content (AvgIpc) is 2.41. The van der Waals surface area contributed by atoms with Crippen molar-refractivity contribution in [1.82, 2.24) is 10.2 Å². The fraction of sp³-hybridized carbons (Fsp3) is 0.929. The van der Waals surface area contributed by atoms with Crippen LogP contribution in [0, 0.1) is 0 Å². The van der Waals surface area contributed by atoms with E-state index in [-0.39, 0.29) is 5.91 Å². The number of nitrogens with zero attached hydrogens (tertiary/aromatic N) is 1. The Balaban J connectivity index is 2.13. The van der Waals surface area contributed by atoms with Crippen LogP contribution in [0.15, 0.2) is 0 Å². The van der Waals surface area contributed by atoms with Crippen molar-refractivity contribution in [3.8, 4) is 0 Å². The Morgan fingerprint density at radius 3 is 2.33 bits per heavy atom. The third kappa shape index (κ3) is 4.94. The molecule has 0 spiro atoms. The summed E-state index contributed by atoms with van der Waals surface area (Å²) in [5.41, 5.74) is 0. The van der Waals surface area contributed by atoms with E-state index < -0.39 is 0 Å². The maximum absolute atomic E-state index is 11.8. The molecule has 4 heteroatoms. The first-order chi connectivity index (χ1) is 8.71.